The lowest BCUT2D eigenvalue weighted by Gasteiger charge is -2.24. The molecule has 1 aliphatic heterocycles. The maximum atomic E-state index is 13.5. The Morgan fingerprint density at radius 1 is 1.31 bits per heavy atom. The van der Waals surface area contributed by atoms with Gasteiger partial charge >= 0.3 is 0 Å². The maximum absolute atomic E-state index is 13.5. The minimum atomic E-state index is -3.61. The van der Waals surface area contributed by atoms with Gasteiger partial charge in [0.05, 0.1) is 17.2 Å². The Bertz CT molecular complexity index is 1320. The van der Waals surface area contributed by atoms with Gasteiger partial charge in [0.25, 0.3) is 5.91 Å². The van der Waals surface area contributed by atoms with Crippen LogP contribution in [-0.4, -0.2) is 62.3 Å². The van der Waals surface area contributed by atoms with Crippen LogP contribution in [0.4, 0.5) is 10.2 Å². The monoisotopic (exact) mass is 520 g/mol. The number of aryl methyl sites for hydroxylation is 1. The number of amides is 1. The summed E-state index contributed by atoms with van der Waals surface area (Å²) in [6.45, 7) is 3.99. The molecular formula is C24H29FN4O4S2. The van der Waals surface area contributed by atoms with Gasteiger partial charge in [-0.1, -0.05) is 18.9 Å². The molecule has 3 heterocycles. The van der Waals surface area contributed by atoms with Gasteiger partial charge < -0.3 is 9.73 Å². The first-order valence-electron chi connectivity index (χ1n) is 11.5. The van der Waals surface area contributed by atoms with Crippen LogP contribution in [0.3, 0.4) is 0 Å². The number of rotatable bonds is 9. The third-order valence-corrected chi connectivity index (χ3v) is 8.27. The fourth-order valence-corrected chi connectivity index (χ4v) is 6.15. The fraction of sp³-hybridized carbons (Fsp3) is 0.417. The van der Waals surface area contributed by atoms with E-state index in [1.54, 1.807) is 18.0 Å². The van der Waals surface area contributed by atoms with Crippen molar-refractivity contribution in [1.29, 1.82) is 0 Å². The second-order valence-electron chi connectivity index (χ2n) is 8.37. The molecule has 0 spiro atoms. The Balaban J connectivity index is 1.80. The molecule has 0 bridgehead atoms. The molecule has 1 aliphatic rings. The Kier molecular flexibility index (Phi) is 7.67. The predicted octanol–water partition coefficient (Wildman–Crippen LogP) is 4.07. The summed E-state index contributed by atoms with van der Waals surface area (Å²) in [6.07, 6.45) is 3.48. The molecule has 1 N–H and O–H groups in total. The predicted molar refractivity (Wildman–Crippen MR) is 138 cm³/mol. The molecule has 35 heavy (non-hydrogen) atoms. The van der Waals surface area contributed by atoms with Crippen LogP contribution in [0.1, 0.15) is 35.7 Å². The molecule has 0 saturated carbocycles. The van der Waals surface area contributed by atoms with Crippen LogP contribution in [-0.2, 0) is 16.4 Å². The molecule has 2 aromatic heterocycles. The molecule has 3 aromatic rings. The second kappa shape index (κ2) is 10.5. The van der Waals surface area contributed by atoms with Crippen molar-refractivity contribution in [2.45, 2.75) is 26.2 Å². The molecule has 0 atom stereocenters. The second-order valence-corrected chi connectivity index (χ2v) is 11.5. The lowest BCUT2D eigenvalue weighted by Crippen LogP contribution is -2.34. The van der Waals surface area contributed by atoms with Crippen molar-refractivity contribution in [2.24, 2.45) is 0 Å². The Morgan fingerprint density at radius 3 is 2.66 bits per heavy atom. The summed E-state index contributed by atoms with van der Waals surface area (Å²) in [4.78, 5) is 17.4. The van der Waals surface area contributed by atoms with Crippen molar-refractivity contribution in [3.63, 3.8) is 0 Å². The van der Waals surface area contributed by atoms with E-state index in [9.17, 15) is 17.6 Å². The van der Waals surface area contributed by atoms with Crippen molar-refractivity contribution in [1.82, 2.24) is 14.6 Å². The van der Waals surface area contributed by atoms with Crippen molar-refractivity contribution >= 4 is 44.8 Å². The first-order chi connectivity index (χ1) is 16.7. The number of pyridine rings is 1. The average Bonchev–Trinajstić information content (AvgIpc) is 3.47. The molecule has 8 nitrogen and oxygen atoms in total. The van der Waals surface area contributed by atoms with Gasteiger partial charge in [-0.15, -0.1) is 0 Å². The van der Waals surface area contributed by atoms with Crippen LogP contribution in [0.2, 0.25) is 0 Å². The SMILES string of the molecule is CCc1cc2c(C(=O)NC)c(-c3ccc(F)cc3)oc2nc1N(CCCN1CCCS1)S(C)(=O)=O. The highest BCUT2D eigenvalue weighted by molar-refractivity contribution is 7.97. The standard InChI is InChI=1S/C24H29FN4O4S2/c1-4-16-15-19-20(23(30)26-2)21(17-7-9-18(25)10-8-17)33-24(19)27-22(16)29(35(3,31)32)13-5-11-28-12-6-14-34-28/h7-10,15H,4-6,11-14H2,1-3H3,(H,26,30). The van der Waals surface area contributed by atoms with Gasteiger partial charge in [0.15, 0.2) is 0 Å². The number of anilines is 1. The number of carbonyl (C=O) groups excluding carboxylic acids is 1. The van der Waals surface area contributed by atoms with E-state index in [-0.39, 0.29) is 29.5 Å². The Morgan fingerprint density at radius 2 is 2.06 bits per heavy atom. The number of aromatic nitrogens is 1. The average molecular weight is 521 g/mol. The number of carbonyl (C=O) groups is 1. The molecule has 11 heteroatoms. The third-order valence-electron chi connectivity index (χ3n) is 5.91. The molecular weight excluding hydrogens is 491 g/mol. The highest BCUT2D eigenvalue weighted by Crippen LogP contribution is 2.36. The van der Waals surface area contributed by atoms with Gasteiger partial charge in [-0.05, 0) is 55.2 Å². The molecule has 1 aromatic carbocycles. The number of hydrogen-bond donors (Lipinski definition) is 1. The topological polar surface area (TPSA) is 95.8 Å². The molecule has 1 amide bonds. The Labute approximate surface area is 209 Å². The van der Waals surface area contributed by atoms with Crippen LogP contribution < -0.4 is 9.62 Å². The first kappa shape index (κ1) is 25.5. The highest BCUT2D eigenvalue weighted by Gasteiger charge is 2.27. The van der Waals surface area contributed by atoms with Crippen molar-refractivity contribution < 1.29 is 22.0 Å². The number of sulfonamides is 1. The van der Waals surface area contributed by atoms with Gasteiger partial charge in [0.2, 0.25) is 15.7 Å². The smallest absolute Gasteiger partial charge is 0.255 e. The highest BCUT2D eigenvalue weighted by atomic mass is 32.2. The van der Waals surface area contributed by atoms with E-state index >= 15 is 0 Å². The molecule has 0 radical (unpaired) electrons. The zero-order valence-electron chi connectivity index (χ0n) is 20.0. The van der Waals surface area contributed by atoms with Gasteiger partial charge in [-0.2, -0.15) is 4.98 Å². The molecule has 0 aliphatic carbocycles. The lowest BCUT2D eigenvalue weighted by molar-refractivity contribution is 0.0964. The largest absolute Gasteiger partial charge is 0.437 e. The van der Waals surface area contributed by atoms with Crippen LogP contribution >= 0.6 is 11.9 Å². The summed E-state index contributed by atoms with van der Waals surface area (Å²) in [5, 5.41) is 3.10. The molecule has 0 unspecified atom stereocenters. The fourth-order valence-electron chi connectivity index (χ4n) is 4.18. The van der Waals surface area contributed by atoms with Gasteiger partial charge in [0.1, 0.15) is 17.4 Å². The van der Waals surface area contributed by atoms with E-state index in [1.807, 2.05) is 6.92 Å². The summed E-state index contributed by atoms with van der Waals surface area (Å²) < 4.78 is 48.6. The van der Waals surface area contributed by atoms with Crippen molar-refractivity contribution in [2.75, 3.05) is 43.0 Å². The maximum Gasteiger partial charge on any atom is 0.255 e. The van der Waals surface area contributed by atoms with Gasteiger partial charge in [-0.25, -0.2) is 12.8 Å². The van der Waals surface area contributed by atoms with E-state index in [4.69, 9.17) is 4.42 Å². The molecule has 1 saturated heterocycles. The third kappa shape index (κ3) is 5.46. The van der Waals surface area contributed by atoms with E-state index in [0.29, 0.717) is 35.2 Å². The molecule has 4 rings (SSSR count). The van der Waals surface area contributed by atoms with Crippen molar-refractivity contribution in [3.8, 4) is 11.3 Å². The zero-order chi connectivity index (χ0) is 25.2. The molecule has 1 fully saturated rings. The summed E-state index contributed by atoms with van der Waals surface area (Å²) in [5.41, 5.74) is 1.64. The number of halogens is 1. The Hall–Kier alpha value is -2.63. The minimum absolute atomic E-state index is 0.152. The number of benzene rings is 1. The van der Waals surface area contributed by atoms with E-state index in [0.717, 1.165) is 25.3 Å². The normalized spacial score (nSPS) is 14.5. The van der Waals surface area contributed by atoms with Gasteiger partial charge in [0, 0.05) is 38.0 Å². The van der Waals surface area contributed by atoms with Crippen LogP contribution in [0.5, 0.6) is 0 Å². The first-order valence-corrected chi connectivity index (χ1v) is 14.3. The number of nitrogens with one attached hydrogen (secondary N) is 1. The summed E-state index contributed by atoms with van der Waals surface area (Å²) >= 11 is 1.79. The number of hydrogen-bond acceptors (Lipinski definition) is 7. The minimum Gasteiger partial charge on any atom is -0.437 e. The summed E-state index contributed by atoms with van der Waals surface area (Å²) in [7, 11) is -2.10. The lowest BCUT2D eigenvalue weighted by atomic mass is 10.0. The van der Waals surface area contributed by atoms with E-state index in [1.165, 1.54) is 41.9 Å². The van der Waals surface area contributed by atoms with E-state index < -0.39 is 15.8 Å². The summed E-state index contributed by atoms with van der Waals surface area (Å²) in [6, 6.07) is 7.40. The number of fused-ring (bicyclic) bond motifs is 1. The van der Waals surface area contributed by atoms with Gasteiger partial charge in [-0.3, -0.25) is 13.4 Å². The van der Waals surface area contributed by atoms with Crippen molar-refractivity contribution in [3.05, 3.63) is 47.3 Å². The van der Waals surface area contributed by atoms with Crippen LogP contribution in [0, 0.1) is 5.82 Å². The number of furan rings is 1. The van der Waals surface area contributed by atoms with E-state index in [2.05, 4.69) is 14.6 Å². The van der Waals surface area contributed by atoms with Crippen LogP contribution in [0.15, 0.2) is 34.7 Å². The quantitative estimate of drug-likeness (QED) is 0.425. The number of nitrogens with zero attached hydrogens (tertiary/aromatic N) is 3. The van der Waals surface area contributed by atoms with Crippen LogP contribution in [0.25, 0.3) is 22.4 Å². The zero-order valence-corrected chi connectivity index (χ0v) is 21.6. The molecule has 188 valence electrons. The summed E-state index contributed by atoms with van der Waals surface area (Å²) in [5.74, 6) is 0.873.